The van der Waals surface area contributed by atoms with Crippen molar-refractivity contribution in [3.8, 4) is 5.75 Å². The fourth-order valence-electron chi connectivity index (χ4n) is 1.45. The standard InChI is InChI=1S/C12H14N2O2/c1-15-11-5-2-7-13-12(11)14-8-6-10-4-3-9-16-10/h2-5,7,9H,6,8H2,1H3,(H,13,14). The number of hydrogen-bond acceptors (Lipinski definition) is 4. The zero-order valence-corrected chi connectivity index (χ0v) is 9.14. The molecule has 2 aromatic heterocycles. The van der Waals surface area contributed by atoms with Crippen LogP contribution in [0.5, 0.6) is 5.75 Å². The van der Waals surface area contributed by atoms with E-state index >= 15 is 0 Å². The molecule has 0 aliphatic carbocycles. The van der Waals surface area contributed by atoms with Gasteiger partial charge in [-0.25, -0.2) is 4.98 Å². The van der Waals surface area contributed by atoms with E-state index in [2.05, 4.69) is 10.3 Å². The highest BCUT2D eigenvalue weighted by Crippen LogP contribution is 2.19. The van der Waals surface area contributed by atoms with Gasteiger partial charge in [-0.3, -0.25) is 0 Å². The van der Waals surface area contributed by atoms with Crippen LogP contribution in [-0.4, -0.2) is 18.6 Å². The Hall–Kier alpha value is -1.97. The predicted octanol–water partition coefficient (Wildman–Crippen LogP) is 2.34. The number of furan rings is 1. The molecule has 84 valence electrons. The minimum Gasteiger partial charge on any atom is -0.493 e. The third kappa shape index (κ3) is 2.53. The summed E-state index contributed by atoms with van der Waals surface area (Å²) in [4.78, 5) is 4.20. The lowest BCUT2D eigenvalue weighted by molar-refractivity contribution is 0.414. The van der Waals surface area contributed by atoms with E-state index in [1.54, 1.807) is 19.6 Å². The van der Waals surface area contributed by atoms with E-state index in [0.717, 1.165) is 30.3 Å². The molecule has 0 aliphatic heterocycles. The van der Waals surface area contributed by atoms with Gasteiger partial charge in [0, 0.05) is 19.2 Å². The van der Waals surface area contributed by atoms with Crippen molar-refractivity contribution in [1.29, 1.82) is 0 Å². The van der Waals surface area contributed by atoms with Crippen LogP contribution in [0.4, 0.5) is 5.82 Å². The quantitative estimate of drug-likeness (QED) is 0.836. The molecule has 0 aromatic carbocycles. The van der Waals surface area contributed by atoms with Gasteiger partial charge in [0.05, 0.1) is 13.4 Å². The predicted molar refractivity (Wildman–Crippen MR) is 61.7 cm³/mol. The Bertz CT molecular complexity index is 426. The van der Waals surface area contributed by atoms with E-state index in [1.165, 1.54) is 0 Å². The Balaban J connectivity index is 1.89. The van der Waals surface area contributed by atoms with Gasteiger partial charge in [0.2, 0.25) is 0 Å². The average Bonchev–Trinajstić information content (AvgIpc) is 2.83. The molecule has 2 heterocycles. The first-order valence-corrected chi connectivity index (χ1v) is 5.15. The van der Waals surface area contributed by atoms with Crippen molar-refractivity contribution in [3.05, 3.63) is 42.5 Å². The molecule has 1 N–H and O–H groups in total. The van der Waals surface area contributed by atoms with Crippen molar-refractivity contribution in [2.24, 2.45) is 0 Å². The van der Waals surface area contributed by atoms with Gasteiger partial charge in [0.25, 0.3) is 0 Å². The van der Waals surface area contributed by atoms with E-state index in [1.807, 2.05) is 24.3 Å². The van der Waals surface area contributed by atoms with Crippen molar-refractivity contribution < 1.29 is 9.15 Å². The first kappa shape index (κ1) is 10.5. The third-order valence-electron chi connectivity index (χ3n) is 2.23. The summed E-state index contributed by atoms with van der Waals surface area (Å²) < 4.78 is 10.4. The minimum absolute atomic E-state index is 0.752. The molecule has 0 atom stereocenters. The Labute approximate surface area is 94.3 Å². The molecule has 0 saturated heterocycles. The fourth-order valence-corrected chi connectivity index (χ4v) is 1.45. The van der Waals surface area contributed by atoms with Gasteiger partial charge in [-0.1, -0.05) is 0 Å². The smallest absolute Gasteiger partial charge is 0.168 e. The van der Waals surface area contributed by atoms with Gasteiger partial charge in [-0.2, -0.15) is 0 Å². The maximum absolute atomic E-state index is 5.24. The summed E-state index contributed by atoms with van der Waals surface area (Å²) in [6.45, 7) is 0.765. The number of ether oxygens (including phenoxy) is 1. The Kier molecular flexibility index (Phi) is 3.43. The molecule has 0 amide bonds. The molecule has 0 spiro atoms. The van der Waals surface area contributed by atoms with Gasteiger partial charge in [-0.05, 0) is 24.3 Å². The van der Waals surface area contributed by atoms with Crippen molar-refractivity contribution in [2.75, 3.05) is 19.0 Å². The second-order valence-corrected chi connectivity index (χ2v) is 3.31. The highest BCUT2D eigenvalue weighted by atomic mass is 16.5. The van der Waals surface area contributed by atoms with Crippen LogP contribution in [0, 0.1) is 0 Å². The normalized spacial score (nSPS) is 10.1. The molecule has 0 bridgehead atoms. The molecule has 0 saturated carbocycles. The molecule has 2 rings (SSSR count). The summed E-state index contributed by atoms with van der Waals surface area (Å²) in [6.07, 6.45) is 4.24. The number of methoxy groups -OCH3 is 1. The summed E-state index contributed by atoms with van der Waals surface area (Å²) in [7, 11) is 1.63. The summed E-state index contributed by atoms with van der Waals surface area (Å²) in [5, 5.41) is 3.21. The van der Waals surface area contributed by atoms with Gasteiger partial charge in [0.15, 0.2) is 11.6 Å². The Morgan fingerprint density at radius 3 is 3.06 bits per heavy atom. The summed E-state index contributed by atoms with van der Waals surface area (Å²) in [5.74, 6) is 2.47. The van der Waals surface area contributed by atoms with Crippen LogP contribution in [-0.2, 0) is 6.42 Å². The zero-order chi connectivity index (χ0) is 11.2. The lowest BCUT2D eigenvalue weighted by atomic mass is 10.3. The van der Waals surface area contributed by atoms with Crippen molar-refractivity contribution >= 4 is 5.82 Å². The van der Waals surface area contributed by atoms with E-state index < -0.39 is 0 Å². The van der Waals surface area contributed by atoms with Crippen molar-refractivity contribution in [3.63, 3.8) is 0 Å². The van der Waals surface area contributed by atoms with Crippen LogP contribution in [0.1, 0.15) is 5.76 Å². The van der Waals surface area contributed by atoms with E-state index in [4.69, 9.17) is 9.15 Å². The molecule has 0 aliphatic rings. The first-order valence-electron chi connectivity index (χ1n) is 5.15. The number of nitrogens with one attached hydrogen (secondary N) is 1. The van der Waals surface area contributed by atoms with Gasteiger partial charge >= 0.3 is 0 Å². The van der Waals surface area contributed by atoms with E-state index in [0.29, 0.717) is 0 Å². The lowest BCUT2D eigenvalue weighted by Crippen LogP contribution is -2.06. The minimum atomic E-state index is 0.752. The number of pyridine rings is 1. The lowest BCUT2D eigenvalue weighted by Gasteiger charge is -2.08. The molecular formula is C12H14N2O2. The van der Waals surface area contributed by atoms with Crippen LogP contribution in [0.25, 0.3) is 0 Å². The first-order chi connectivity index (χ1) is 7.90. The molecule has 4 heteroatoms. The van der Waals surface area contributed by atoms with Crippen LogP contribution < -0.4 is 10.1 Å². The second kappa shape index (κ2) is 5.21. The Morgan fingerprint density at radius 1 is 1.38 bits per heavy atom. The third-order valence-corrected chi connectivity index (χ3v) is 2.23. The number of rotatable bonds is 5. The molecular weight excluding hydrogens is 204 g/mol. The number of hydrogen-bond donors (Lipinski definition) is 1. The second-order valence-electron chi connectivity index (χ2n) is 3.31. The highest BCUT2D eigenvalue weighted by molar-refractivity contribution is 5.49. The topological polar surface area (TPSA) is 47.3 Å². The molecule has 16 heavy (non-hydrogen) atoms. The zero-order valence-electron chi connectivity index (χ0n) is 9.14. The van der Waals surface area contributed by atoms with Gasteiger partial charge in [0.1, 0.15) is 5.76 Å². The maximum atomic E-state index is 5.24. The van der Waals surface area contributed by atoms with Crippen LogP contribution >= 0.6 is 0 Å². The van der Waals surface area contributed by atoms with Crippen LogP contribution in [0.2, 0.25) is 0 Å². The highest BCUT2D eigenvalue weighted by Gasteiger charge is 2.02. The number of aromatic nitrogens is 1. The Morgan fingerprint density at radius 2 is 2.31 bits per heavy atom. The van der Waals surface area contributed by atoms with Crippen LogP contribution in [0.3, 0.4) is 0 Å². The van der Waals surface area contributed by atoms with Crippen LogP contribution in [0.15, 0.2) is 41.1 Å². The SMILES string of the molecule is COc1cccnc1NCCc1ccco1. The van der Waals surface area contributed by atoms with Gasteiger partial charge < -0.3 is 14.5 Å². The van der Waals surface area contributed by atoms with Crippen molar-refractivity contribution in [2.45, 2.75) is 6.42 Å². The molecule has 4 nitrogen and oxygen atoms in total. The average molecular weight is 218 g/mol. The van der Waals surface area contributed by atoms with E-state index in [-0.39, 0.29) is 0 Å². The van der Waals surface area contributed by atoms with Gasteiger partial charge in [-0.15, -0.1) is 0 Å². The summed E-state index contributed by atoms with van der Waals surface area (Å²) in [5.41, 5.74) is 0. The number of nitrogens with zero attached hydrogens (tertiary/aromatic N) is 1. The fraction of sp³-hybridized carbons (Fsp3) is 0.250. The summed E-state index contributed by atoms with van der Waals surface area (Å²) >= 11 is 0. The maximum Gasteiger partial charge on any atom is 0.168 e. The molecule has 0 radical (unpaired) electrons. The monoisotopic (exact) mass is 218 g/mol. The van der Waals surface area contributed by atoms with Crippen molar-refractivity contribution in [1.82, 2.24) is 4.98 Å². The number of anilines is 1. The summed E-state index contributed by atoms with van der Waals surface area (Å²) in [6, 6.07) is 7.56. The molecule has 0 fully saturated rings. The molecule has 0 unspecified atom stereocenters. The molecule has 2 aromatic rings. The van der Waals surface area contributed by atoms with E-state index in [9.17, 15) is 0 Å². The largest absolute Gasteiger partial charge is 0.493 e.